The van der Waals surface area contributed by atoms with E-state index in [9.17, 15) is 16.8 Å². The predicted molar refractivity (Wildman–Crippen MR) is 84.9 cm³/mol. The lowest BCUT2D eigenvalue weighted by atomic mass is 10.1. The van der Waals surface area contributed by atoms with Gasteiger partial charge >= 0.3 is 20.8 Å². The number of nitrogens with two attached hydrogens (primary N) is 2. The van der Waals surface area contributed by atoms with Gasteiger partial charge in [0.15, 0.2) is 0 Å². The van der Waals surface area contributed by atoms with Crippen molar-refractivity contribution < 1.29 is 29.6 Å². The quantitative estimate of drug-likeness (QED) is 0.461. The third-order valence-corrected chi connectivity index (χ3v) is 3.70. The summed E-state index contributed by atoms with van der Waals surface area (Å²) >= 11 is 0. The highest BCUT2D eigenvalue weighted by Crippen LogP contribution is 2.21. The molecule has 0 amide bonds. The monoisotopic (exact) mass is 362 g/mol. The summed E-state index contributed by atoms with van der Waals surface area (Å²) < 4.78 is 55.6. The standard InChI is InChI=1S/C12H12N2.H2O7S2/c13-11-5-1-9(2-6-11)10-3-7-12(14)8-4-10;1-8(2,3)7-9(4,5)6/h1-8H,13-14H2;(H,1,2,3)(H,4,5,6). The van der Waals surface area contributed by atoms with Crippen molar-refractivity contribution >= 4 is 32.2 Å². The Morgan fingerprint density at radius 1 is 0.652 bits per heavy atom. The molecule has 0 heterocycles. The summed E-state index contributed by atoms with van der Waals surface area (Å²) in [5.74, 6) is 0. The number of benzene rings is 2. The van der Waals surface area contributed by atoms with Crippen molar-refractivity contribution in [2.75, 3.05) is 11.5 Å². The Labute approximate surface area is 133 Å². The van der Waals surface area contributed by atoms with Crippen LogP contribution in [0.2, 0.25) is 0 Å². The minimum Gasteiger partial charge on any atom is -0.399 e. The number of anilines is 2. The molecule has 2 aromatic rings. The number of rotatable bonds is 3. The van der Waals surface area contributed by atoms with E-state index in [1.807, 2.05) is 48.5 Å². The second kappa shape index (κ2) is 7.39. The molecule has 0 aromatic heterocycles. The van der Waals surface area contributed by atoms with Crippen LogP contribution in [-0.2, 0) is 24.4 Å². The summed E-state index contributed by atoms with van der Waals surface area (Å²) in [5, 5.41) is 0. The highest BCUT2D eigenvalue weighted by Gasteiger charge is 2.15. The molecule has 0 radical (unpaired) electrons. The van der Waals surface area contributed by atoms with Crippen LogP contribution >= 0.6 is 0 Å². The van der Waals surface area contributed by atoms with Gasteiger partial charge in [0, 0.05) is 11.4 Å². The molecule has 0 aliphatic rings. The van der Waals surface area contributed by atoms with Gasteiger partial charge in [-0.1, -0.05) is 24.3 Å². The Bertz CT molecular complexity index is 772. The summed E-state index contributed by atoms with van der Waals surface area (Å²) in [5.41, 5.74) is 15.1. The highest BCUT2D eigenvalue weighted by atomic mass is 32.3. The van der Waals surface area contributed by atoms with Crippen LogP contribution in [0.4, 0.5) is 11.4 Å². The SMILES string of the molecule is Nc1ccc(-c2ccc(N)cc2)cc1.O=S(=O)(O)OS(=O)(=O)O. The minimum absolute atomic E-state index is 0.782. The van der Waals surface area contributed by atoms with E-state index in [2.05, 4.69) is 3.63 Å². The van der Waals surface area contributed by atoms with Gasteiger partial charge in [-0.2, -0.15) is 16.8 Å². The molecular weight excluding hydrogens is 348 g/mol. The lowest BCUT2D eigenvalue weighted by Gasteiger charge is -2.02. The van der Waals surface area contributed by atoms with Gasteiger partial charge in [0.1, 0.15) is 0 Å². The molecule has 9 nitrogen and oxygen atoms in total. The molecule has 0 aliphatic heterocycles. The maximum absolute atomic E-state index is 9.44. The normalized spacial score (nSPS) is 11.4. The molecule has 0 spiro atoms. The molecule has 2 aromatic carbocycles. The molecular formula is C12H14N2O7S2. The summed E-state index contributed by atoms with van der Waals surface area (Å²) in [7, 11) is -10.2. The number of nitrogen functional groups attached to an aromatic ring is 2. The zero-order valence-electron chi connectivity index (χ0n) is 11.5. The molecule has 11 heteroatoms. The second-order valence-corrected chi connectivity index (χ2v) is 6.42. The van der Waals surface area contributed by atoms with Crippen molar-refractivity contribution in [1.29, 1.82) is 0 Å². The fraction of sp³-hybridized carbons (Fsp3) is 0. The Kier molecular flexibility index (Phi) is 6.06. The molecule has 6 N–H and O–H groups in total. The fourth-order valence-corrected chi connectivity index (χ4v) is 2.33. The van der Waals surface area contributed by atoms with Crippen LogP contribution in [0.5, 0.6) is 0 Å². The topological polar surface area (TPSA) is 170 Å². The fourth-order valence-electron chi connectivity index (χ4n) is 1.46. The van der Waals surface area contributed by atoms with Gasteiger partial charge in [-0.3, -0.25) is 9.11 Å². The van der Waals surface area contributed by atoms with E-state index in [0.717, 1.165) is 22.5 Å². The first-order chi connectivity index (χ1) is 10.5. The Morgan fingerprint density at radius 2 is 0.913 bits per heavy atom. The van der Waals surface area contributed by atoms with E-state index in [1.54, 1.807) is 0 Å². The summed E-state index contributed by atoms with van der Waals surface area (Å²) in [6, 6.07) is 15.6. The van der Waals surface area contributed by atoms with Crippen molar-refractivity contribution in [2.45, 2.75) is 0 Å². The molecule has 0 atom stereocenters. The van der Waals surface area contributed by atoms with Gasteiger partial charge in [-0.15, -0.1) is 3.63 Å². The predicted octanol–water partition coefficient (Wildman–Crippen LogP) is 1.13. The lowest BCUT2D eigenvalue weighted by Crippen LogP contribution is -2.10. The van der Waals surface area contributed by atoms with Crippen LogP contribution in [-0.4, -0.2) is 25.9 Å². The van der Waals surface area contributed by atoms with Gasteiger partial charge < -0.3 is 11.5 Å². The van der Waals surface area contributed by atoms with E-state index >= 15 is 0 Å². The van der Waals surface area contributed by atoms with Crippen LogP contribution in [0.1, 0.15) is 0 Å². The average molecular weight is 362 g/mol. The lowest BCUT2D eigenvalue weighted by molar-refractivity contribution is 0.344. The van der Waals surface area contributed by atoms with Gasteiger partial charge in [-0.25, -0.2) is 0 Å². The summed E-state index contributed by atoms with van der Waals surface area (Å²) in [6.45, 7) is 0. The molecule has 0 fully saturated rings. The highest BCUT2D eigenvalue weighted by molar-refractivity contribution is 7.94. The van der Waals surface area contributed by atoms with Crippen LogP contribution in [0.25, 0.3) is 11.1 Å². The van der Waals surface area contributed by atoms with E-state index in [1.165, 1.54) is 0 Å². The van der Waals surface area contributed by atoms with Crippen LogP contribution < -0.4 is 11.5 Å². The Morgan fingerprint density at radius 3 is 1.09 bits per heavy atom. The molecule has 0 saturated carbocycles. The third kappa shape index (κ3) is 8.13. The van der Waals surface area contributed by atoms with Gasteiger partial charge in [0.2, 0.25) is 0 Å². The van der Waals surface area contributed by atoms with Crippen LogP contribution in [0.15, 0.2) is 48.5 Å². The van der Waals surface area contributed by atoms with Gasteiger partial charge in [0.05, 0.1) is 0 Å². The molecule has 0 bridgehead atoms. The number of hydrogen-bond acceptors (Lipinski definition) is 7. The first-order valence-electron chi connectivity index (χ1n) is 5.84. The van der Waals surface area contributed by atoms with Crippen molar-refractivity contribution in [2.24, 2.45) is 0 Å². The Balaban J connectivity index is 0.000000257. The van der Waals surface area contributed by atoms with Crippen LogP contribution in [0.3, 0.4) is 0 Å². The third-order valence-electron chi connectivity index (χ3n) is 2.33. The van der Waals surface area contributed by atoms with Crippen molar-refractivity contribution in [1.82, 2.24) is 0 Å². The van der Waals surface area contributed by atoms with E-state index in [-0.39, 0.29) is 0 Å². The van der Waals surface area contributed by atoms with Crippen molar-refractivity contribution in [3.63, 3.8) is 0 Å². The summed E-state index contributed by atoms with van der Waals surface area (Å²) in [4.78, 5) is 0. The van der Waals surface area contributed by atoms with E-state index < -0.39 is 20.8 Å². The minimum atomic E-state index is -5.12. The molecule has 23 heavy (non-hydrogen) atoms. The largest absolute Gasteiger partial charge is 0.413 e. The molecule has 0 saturated heterocycles. The first-order valence-corrected chi connectivity index (χ1v) is 8.57. The molecule has 0 unspecified atom stereocenters. The van der Waals surface area contributed by atoms with Gasteiger partial charge in [-0.05, 0) is 35.4 Å². The molecule has 2 rings (SSSR count). The zero-order chi connectivity index (χ0) is 17.7. The average Bonchev–Trinajstić information content (AvgIpc) is 2.37. The van der Waals surface area contributed by atoms with Gasteiger partial charge in [0.25, 0.3) is 0 Å². The maximum atomic E-state index is 9.44. The first kappa shape index (κ1) is 18.9. The zero-order valence-corrected chi connectivity index (χ0v) is 13.2. The molecule has 126 valence electrons. The Hall–Kier alpha value is -2.18. The smallest absolute Gasteiger partial charge is 0.399 e. The molecule has 0 aliphatic carbocycles. The van der Waals surface area contributed by atoms with E-state index in [0.29, 0.717) is 0 Å². The maximum Gasteiger partial charge on any atom is 0.413 e. The van der Waals surface area contributed by atoms with Crippen LogP contribution in [0, 0.1) is 0 Å². The van der Waals surface area contributed by atoms with Crippen molar-refractivity contribution in [3.05, 3.63) is 48.5 Å². The summed E-state index contributed by atoms with van der Waals surface area (Å²) in [6.07, 6.45) is 0. The second-order valence-electron chi connectivity index (χ2n) is 4.17. The van der Waals surface area contributed by atoms with E-state index in [4.69, 9.17) is 20.6 Å². The number of hydrogen-bond donors (Lipinski definition) is 4. The van der Waals surface area contributed by atoms with Crippen molar-refractivity contribution in [3.8, 4) is 11.1 Å².